The third kappa shape index (κ3) is 4.18. The van der Waals surface area contributed by atoms with E-state index in [4.69, 9.17) is 4.74 Å². The van der Waals surface area contributed by atoms with Crippen LogP contribution < -0.4 is 10.1 Å². The van der Waals surface area contributed by atoms with Crippen LogP contribution in [0.25, 0.3) is 0 Å². The fraction of sp³-hybridized carbons (Fsp3) is 0.182. The number of nitrogens with one attached hydrogen (secondary N) is 1. The van der Waals surface area contributed by atoms with E-state index in [2.05, 4.69) is 11.4 Å². The van der Waals surface area contributed by atoms with Crippen LogP contribution in [0.4, 0.5) is 5.82 Å². The van der Waals surface area contributed by atoms with Crippen molar-refractivity contribution in [2.75, 3.05) is 11.9 Å². The highest BCUT2D eigenvalue weighted by atomic mass is 16.5. The summed E-state index contributed by atoms with van der Waals surface area (Å²) < 4.78 is 7.47. The molecule has 27 heavy (non-hydrogen) atoms. The summed E-state index contributed by atoms with van der Waals surface area (Å²) in [4.78, 5) is 12.4. The van der Waals surface area contributed by atoms with Crippen molar-refractivity contribution < 1.29 is 9.53 Å². The van der Waals surface area contributed by atoms with Gasteiger partial charge in [-0.05, 0) is 37.1 Å². The van der Waals surface area contributed by atoms with E-state index >= 15 is 0 Å². The molecule has 0 fully saturated rings. The van der Waals surface area contributed by atoms with Gasteiger partial charge in [0.1, 0.15) is 17.6 Å². The highest BCUT2D eigenvalue weighted by Crippen LogP contribution is 2.27. The van der Waals surface area contributed by atoms with E-state index in [1.807, 2.05) is 66.9 Å². The Bertz CT molecular complexity index is 970. The molecule has 3 aromatic rings. The first-order valence-electron chi connectivity index (χ1n) is 8.71. The number of ether oxygens (including phenoxy) is 1. The number of nitrogens with zero attached hydrogens (tertiary/aromatic N) is 2. The van der Waals surface area contributed by atoms with Gasteiger partial charge in [0.15, 0.2) is 6.61 Å². The summed E-state index contributed by atoms with van der Waals surface area (Å²) in [5.41, 5.74) is 3.40. The minimum absolute atomic E-state index is 0.122. The number of aromatic nitrogens is 1. The molecule has 1 aromatic heterocycles. The van der Waals surface area contributed by atoms with E-state index in [9.17, 15) is 10.1 Å². The number of rotatable bonds is 6. The molecule has 0 aliphatic rings. The van der Waals surface area contributed by atoms with Crippen molar-refractivity contribution in [3.05, 3.63) is 83.0 Å². The molecule has 1 amide bonds. The third-order valence-electron chi connectivity index (χ3n) is 4.50. The number of hydrogen-bond acceptors (Lipinski definition) is 3. The van der Waals surface area contributed by atoms with Crippen molar-refractivity contribution in [1.29, 1.82) is 5.26 Å². The van der Waals surface area contributed by atoms with Crippen LogP contribution in [0.2, 0.25) is 0 Å². The highest BCUT2D eigenvalue weighted by molar-refractivity contribution is 5.93. The van der Waals surface area contributed by atoms with E-state index in [1.54, 1.807) is 12.1 Å². The van der Waals surface area contributed by atoms with Gasteiger partial charge in [-0.3, -0.25) is 4.79 Å². The van der Waals surface area contributed by atoms with Crippen molar-refractivity contribution in [2.24, 2.45) is 0 Å². The highest BCUT2D eigenvalue weighted by Gasteiger charge is 2.20. The van der Waals surface area contributed by atoms with Gasteiger partial charge in [0.25, 0.3) is 5.91 Å². The van der Waals surface area contributed by atoms with Gasteiger partial charge in [-0.1, -0.05) is 48.5 Å². The van der Waals surface area contributed by atoms with Gasteiger partial charge in [0, 0.05) is 12.2 Å². The Morgan fingerprint density at radius 2 is 1.70 bits per heavy atom. The Morgan fingerprint density at radius 1 is 1.07 bits per heavy atom. The summed E-state index contributed by atoms with van der Waals surface area (Å²) >= 11 is 0. The second-order valence-corrected chi connectivity index (χ2v) is 6.27. The van der Waals surface area contributed by atoms with Gasteiger partial charge in [0.2, 0.25) is 0 Å². The van der Waals surface area contributed by atoms with Crippen molar-refractivity contribution in [2.45, 2.75) is 20.4 Å². The number of hydrogen-bond donors (Lipinski definition) is 1. The molecule has 0 aliphatic carbocycles. The van der Waals surface area contributed by atoms with E-state index in [1.165, 1.54) is 0 Å². The number of para-hydroxylation sites is 1. The summed E-state index contributed by atoms with van der Waals surface area (Å²) in [5.74, 6) is 0.834. The molecule has 0 bridgehead atoms. The monoisotopic (exact) mass is 359 g/mol. The number of amides is 1. The van der Waals surface area contributed by atoms with Crippen LogP contribution in [0.15, 0.2) is 60.7 Å². The van der Waals surface area contributed by atoms with Crippen LogP contribution in [0.1, 0.15) is 22.4 Å². The Kier molecular flexibility index (Phi) is 5.58. The molecule has 136 valence electrons. The molecule has 5 nitrogen and oxygen atoms in total. The Labute approximate surface area is 158 Å². The maximum absolute atomic E-state index is 12.4. The molecule has 2 aromatic carbocycles. The lowest BCUT2D eigenvalue weighted by Crippen LogP contribution is -2.22. The lowest BCUT2D eigenvalue weighted by molar-refractivity contribution is -0.118. The number of nitriles is 1. The number of carbonyl (C=O) groups excluding carboxylic acids is 1. The van der Waals surface area contributed by atoms with Crippen LogP contribution >= 0.6 is 0 Å². The maximum Gasteiger partial charge on any atom is 0.263 e. The quantitative estimate of drug-likeness (QED) is 0.722. The molecule has 0 aliphatic heterocycles. The normalized spacial score (nSPS) is 10.3. The SMILES string of the molecule is Cc1c(C#N)c(NC(=O)COc2ccccc2)n(Cc2ccccc2)c1C. The molecule has 0 radical (unpaired) electrons. The average Bonchev–Trinajstić information content (AvgIpc) is 2.92. The summed E-state index contributed by atoms with van der Waals surface area (Å²) in [7, 11) is 0. The summed E-state index contributed by atoms with van der Waals surface area (Å²) in [5, 5.41) is 12.4. The predicted octanol–water partition coefficient (Wildman–Crippen LogP) is 4.04. The molecule has 5 heteroatoms. The van der Waals surface area contributed by atoms with Crippen molar-refractivity contribution in [3.63, 3.8) is 0 Å². The molecule has 1 heterocycles. The Hall–Kier alpha value is -3.52. The zero-order valence-corrected chi connectivity index (χ0v) is 15.4. The van der Waals surface area contributed by atoms with Gasteiger partial charge in [-0.15, -0.1) is 0 Å². The van der Waals surface area contributed by atoms with Crippen molar-refractivity contribution >= 4 is 11.7 Å². The van der Waals surface area contributed by atoms with E-state index in [-0.39, 0.29) is 12.5 Å². The standard InChI is InChI=1S/C22H21N3O2/c1-16-17(2)25(14-18-9-5-3-6-10-18)22(20(16)13-23)24-21(26)15-27-19-11-7-4-8-12-19/h3-12H,14-15H2,1-2H3,(H,24,26). The van der Waals surface area contributed by atoms with E-state index < -0.39 is 0 Å². The second kappa shape index (κ2) is 8.24. The van der Waals surface area contributed by atoms with Crippen molar-refractivity contribution in [1.82, 2.24) is 4.57 Å². The lowest BCUT2D eigenvalue weighted by Gasteiger charge is -2.13. The first-order chi connectivity index (χ1) is 13.1. The molecule has 0 unspecified atom stereocenters. The summed E-state index contributed by atoms with van der Waals surface area (Å²) in [6.45, 7) is 4.30. The minimum Gasteiger partial charge on any atom is -0.484 e. The van der Waals surface area contributed by atoms with Crippen LogP contribution in [0, 0.1) is 25.2 Å². The van der Waals surface area contributed by atoms with E-state index in [0.29, 0.717) is 23.7 Å². The molecule has 1 N–H and O–H groups in total. The van der Waals surface area contributed by atoms with Crippen LogP contribution in [-0.4, -0.2) is 17.1 Å². The Morgan fingerprint density at radius 3 is 2.33 bits per heavy atom. The summed E-state index contributed by atoms with van der Waals surface area (Å²) in [6, 6.07) is 21.3. The first-order valence-corrected chi connectivity index (χ1v) is 8.71. The van der Waals surface area contributed by atoms with Crippen molar-refractivity contribution in [3.8, 4) is 11.8 Å². The van der Waals surface area contributed by atoms with Gasteiger partial charge < -0.3 is 14.6 Å². The molecule has 0 saturated heterocycles. The first kappa shape index (κ1) is 18.3. The molecule has 3 rings (SSSR count). The number of anilines is 1. The molecule has 0 spiro atoms. The number of benzene rings is 2. The largest absolute Gasteiger partial charge is 0.484 e. The zero-order chi connectivity index (χ0) is 19.2. The Balaban J connectivity index is 1.82. The van der Waals surface area contributed by atoms with Gasteiger partial charge in [-0.2, -0.15) is 5.26 Å². The number of carbonyl (C=O) groups is 1. The topological polar surface area (TPSA) is 67.1 Å². The minimum atomic E-state index is -0.304. The van der Waals surface area contributed by atoms with Gasteiger partial charge in [0.05, 0.1) is 5.56 Å². The van der Waals surface area contributed by atoms with Crippen LogP contribution in [0.5, 0.6) is 5.75 Å². The van der Waals surface area contributed by atoms with E-state index in [0.717, 1.165) is 16.8 Å². The smallest absolute Gasteiger partial charge is 0.263 e. The van der Waals surface area contributed by atoms with Gasteiger partial charge >= 0.3 is 0 Å². The van der Waals surface area contributed by atoms with Crippen LogP contribution in [0.3, 0.4) is 0 Å². The zero-order valence-electron chi connectivity index (χ0n) is 15.4. The van der Waals surface area contributed by atoms with Gasteiger partial charge in [-0.25, -0.2) is 0 Å². The van der Waals surface area contributed by atoms with Crippen LogP contribution in [-0.2, 0) is 11.3 Å². The average molecular weight is 359 g/mol. The predicted molar refractivity (Wildman–Crippen MR) is 105 cm³/mol. The maximum atomic E-state index is 12.4. The molecular formula is C22H21N3O2. The fourth-order valence-corrected chi connectivity index (χ4v) is 2.93. The molecule has 0 atom stereocenters. The molecule has 0 saturated carbocycles. The molecular weight excluding hydrogens is 338 g/mol. The summed E-state index contributed by atoms with van der Waals surface area (Å²) in [6.07, 6.45) is 0. The second-order valence-electron chi connectivity index (χ2n) is 6.27. The lowest BCUT2D eigenvalue weighted by atomic mass is 10.2. The third-order valence-corrected chi connectivity index (χ3v) is 4.50. The fourth-order valence-electron chi connectivity index (χ4n) is 2.93.